The number of nitrogens with one attached hydrogen (secondary N) is 1. The van der Waals surface area contributed by atoms with E-state index in [1.807, 2.05) is 7.05 Å². The molecule has 20 heavy (non-hydrogen) atoms. The molecular formula is C15H24N4O. The second-order valence-electron chi connectivity index (χ2n) is 5.58. The molecule has 1 saturated carbocycles. The van der Waals surface area contributed by atoms with Crippen molar-refractivity contribution in [3.8, 4) is 0 Å². The highest BCUT2D eigenvalue weighted by Crippen LogP contribution is 2.34. The van der Waals surface area contributed by atoms with Crippen LogP contribution in [0.3, 0.4) is 0 Å². The predicted molar refractivity (Wildman–Crippen MR) is 80.3 cm³/mol. The summed E-state index contributed by atoms with van der Waals surface area (Å²) in [5, 5.41) is 3.19. The Morgan fingerprint density at radius 1 is 1.35 bits per heavy atom. The Kier molecular flexibility index (Phi) is 4.05. The average Bonchev–Trinajstić information content (AvgIpc) is 2.53. The lowest BCUT2D eigenvalue weighted by molar-refractivity contribution is -0.00905. The molecule has 1 N–H and O–H groups in total. The quantitative estimate of drug-likeness (QED) is 0.917. The Balaban J connectivity index is 1.94. The summed E-state index contributed by atoms with van der Waals surface area (Å²) in [5.41, 5.74) is 1.22. The van der Waals surface area contributed by atoms with Gasteiger partial charge in [0.05, 0.1) is 18.8 Å². The third kappa shape index (κ3) is 2.35. The number of anilines is 2. The summed E-state index contributed by atoms with van der Waals surface area (Å²) in [7, 11) is 1.92. The van der Waals surface area contributed by atoms with E-state index in [0.717, 1.165) is 31.2 Å². The molecule has 2 atom stereocenters. The molecule has 3 rings (SSSR count). The number of aromatic nitrogens is 2. The van der Waals surface area contributed by atoms with Gasteiger partial charge in [0.15, 0.2) is 0 Å². The summed E-state index contributed by atoms with van der Waals surface area (Å²) in [6, 6.07) is 0.488. The Bertz CT molecular complexity index is 463. The smallest absolute Gasteiger partial charge is 0.137 e. The summed E-state index contributed by atoms with van der Waals surface area (Å²) in [6.45, 7) is 3.92. The van der Waals surface area contributed by atoms with Gasteiger partial charge in [-0.25, -0.2) is 9.97 Å². The fraction of sp³-hybridized carbons (Fsp3) is 0.733. The first-order valence-corrected chi connectivity index (χ1v) is 7.75. The number of morpholine rings is 1. The van der Waals surface area contributed by atoms with Gasteiger partial charge in [-0.1, -0.05) is 19.8 Å². The van der Waals surface area contributed by atoms with Gasteiger partial charge in [-0.2, -0.15) is 0 Å². The van der Waals surface area contributed by atoms with Crippen LogP contribution in [0.4, 0.5) is 11.6 Å². The zero-order valence-electron chi connectivity index (χ0n) is 12.4. The number of nitrogens with zero attached hydrogens (tertiary/aromatic N) is 3. The molecule has 1 aliphatic heterocycles. The van der Waals surface area contributed by atoms with Crippen molar-refractivity contribution in [2.75, 3.05) is 30.4 Å². The van der Waals surface area contributed by atoms with E-state index in [1.165, 1.54) is 31.2 Å². The minimum Gasteiger partial charge on any atom is -0.374 e. The van der Waals surface area contributed by atoms with Crippen LogP contribution in [0.2, 0.25) is 0 Å². The van der Waals surface area contributed by atoms with Gasteiger partial charge in [0, 0.05) is 19.2 Å². The van der Waals surface area contributed by atoms with E-state index in [1.54, 1.807) is 6.33 Å². The van der Waals surface area contributed by atoms with E-state index in [0.29, 0.717) is 12.1 Å². The number of rotatable bonds is 3. The number of hydrogen-bond donors (Lipinski definition) is 1. The molecule has 0 radical (unpaired) electrons. The van der Waals surface area contributed by atoms with Crippen LogP contribution in [-0.4, -0.2) is 42.3 Å². The Morgan fingerprint density at radius 2 is 2.20 bits per heavy atom. The highest BCUT2D eigenvalue weighted by molar-refractivity contribution is 5.59. The number of ether oxygens (including phenoxy) is 1. The van der Waals surface area contributed by atoms with E-state index in [-0.39, 0.29) is 0 Å². The first-order valence-electron chi connectivity index (χ1n) is 7.75. The second kappa shape index (κ2) is 5.95. The third-order valence-electron chi connectivity index (χ3n) is 4.52. The van der Waals surface area contributed by atoms with E-state index in [9.17, 15) is 0 Å². The van der Waals surface area contributed by atoms with Gasteiger partial charge in [0.1, 0.15) is 18.0 Å². The molecule has 5 nitrogen and oxygen atoms in total. The van der Waals surface area contributed by atoms with E-state index in [4.69, 9.17) is 4.74 Å². The maximum Gasteiger partial charge on any atom is 0.137 e. The van der Waals surface area contributed by atoms with Crippen molar-refractivity contribution < 1.29 is 4.74 Å². The van der Waals surface area contributed by atoms with E-state index in [2.05, 4.69) is 27.1 Å². The van der Waals surface area contributed by atoms with Crippen LogP contribution in [0.5, 0.6) is 0 Å². The normalized spacial score (nSPS) is 26.2. The Hall–Kier alpha value is -1.36. The summed E-state index contributed by atoms with van der Waals surface area (Å²) in [4.78, 5) is 11.4. The zero-order valence-corrected chi connectivity index (χ0v) is 12.4. The first-order chi connectivity index (χ1) is 9.85. The minimum atomic E-state index is 0.384. The number of hydrogen-bond acceptors (Lipinski definition) is 5. The van der Waals surface area contributed by atoms with Crippen molar-refractivity contribution in [2.45, 2.75) is 51.2 Å². The SMILES string of the molecule is CCc1c(NC)ncnc1N1CCOC2CCCCC21. The first kappa shape index (κ1) is 13.6. The van der Waals surface area contributed by atoms with Crippen molar-refractivity contribution in [2.24, 2.45) is 0 Å². The van der Waals surface area contributed by atoms with Crippen molar-refractivity contribution in [3.63, 3.8) is 0 Å². The molecule has 2 heterocycles. The largest absolute Gasteiger partial charge is 0.374 e. The van der Waals surface area contributed by atoms with Gasteiger partial charge < -0.3 is 15.0 Å². The van der Waals surface area contributed by atoms with Crippen LogP contribution in [0, 0.1) is 0 Å². The van der Waals surface area contributed by atoms with Crippen LogP contribution < -0.4 is 10.2 Å². The molecule has 0 bridgehead atoms. The molecule has 1 aromatic heterocycles. The summed E-state index contributed by atoms with van der Waals surface area (Å²) in [5.74, 6) is 2.06. The van der Waals surface area contributed by atoms with Gasteiger partial charge in [0.25, 0.3) is 0 Å². The molecular weight excluding hydrogens is 252 g/mol. The third-order valence-corrected chi connectivity index (χ3v) is 4.52. The maximum absolute atomic E-state index is 5.96. The van der Waals surface area contributed by atoms with Crippen LogP contribution >= 0.6 is 0 Å². The van der Waals surface area contributed by atoms with Crippen LogP contribution in [0.25, 0.3) is 0 Å². The molecule has 2 aliphatic rings. The number of fused-ring (bicyclic) bond motifs is 1. The van der Waals surface area contributed by atoms with Crippen molar-refractivity contribution >= 4 is 11.6 Å². The van der Waals surface area contributed by atoms with E-state index >= 15 is 0 Å². The van der Waals surface area contributed by atoms with Gasteiger partial charge in [-0.15, -0.1) is 0 Å². The minimum absolute atomic E-state index is 0.384. The fourth-order valence-electron chi connectivity index (χ4n) is 3.55. The molecule has 1 aromatic rings. The molecule has 0 spiro atoms. The van der Waals surface area contributed by atoms with Crippen LogP contribution in [0.1, 0.15) is 38.2 Å². The second-order valence-corrected chi connectivity index (χ2v) is 5.58. The van der Waals surface area contributed by atoms with Crippen molar-refractivity contribution in [1.29, 1.82) is 0 Å². The summed E-state index contributed by atoms with van der Waals surface area (Å²) in [6.07, 6.45) is 8.00. The highest BCUT2D eigenvalue weighted by atomic mass is 16.5. The van der Waals surface area contributed by atoms with E-state index < -0.39 is 0 Å². The molecule has 110 valence electrons. The van der Waals surface area contributed by atoms with Crippen molar-refractivity contribution in [3.05, 3.63) is 11.9 Å². The predicted octanol–water partition coefficient (Wildman–Crippen LogP) is 2.23. The lowest BCUT2D eigenvalue weighted by atomic mass is 9.90. The zero-order chi connectivity index (χ0) is 13.9. The monoisotopic (exact) mass is 276 g/mol. The molecule has 1 saturated heterocycles. The topological polar surface area (TPSA) is 50.3 Å². The lowest BCUT2D eigenvalue weighted by Crippen LogP contribution is -2.53. The van der Waals surface area contributed by atoms with Gasteiger partial charge in [0.2, 0.25) is 0 Å². The van der Waals surface area contributed by atoms with Gasteiger partial charge in [-0.3, -0.25) is 0 Å². The van der Waals surface area contributed by atoms with Crippen molar-refractivity contribution in [1.82, 2.24) is 9.97 Å². The highest BCUT2D eigenvalue weighted by Gasteiger charge is 2.35. The molecule has 0 aromatic carbocycles. The molecule has 5 heteroatoms. The molecule has 2 fully saturated rings. The standard InChI is InChI=1S/C15H24N4O/c1-3-11-14(16-2)17-10-18-15(11)19-8-9-20-13-7-5-4-6-12(13)19/h10,12-13H,3-9H2,1-2H3,(H,16,17,18). The Labute approximate surface area is 120 Å². The molecule has 2 unspecified atom stereocenters. The summed E-state index contributed by atoms with van der Waals surface area (Å²) >= 11 is 0. The maximum atomic E-state index is 5.96. The van der Waals surface area contributed by atoms with Crippen LogP contribution in [-0.2, 0) is 11.2 Å². The van der Waals surface area contributed by atoms with Gasteiger partial charge in [-0.05, 0) is 19.3 Å². The Morgan fingerprint density at radius 3 is 3.00 bits per heavy atom. The van der Waals surface area contributed by atoms with Gasteiger partial charge >= 0.3 is 0 Å². The molecule has 0 amide bonds. The fourth-order valence-corrected chi connectivity index (χ4v) is 3.55. The summed E-state index contributed by atoms with van der Waals surface area (Å²) < 4.78 is 5.96. The van der Waals surface area contributed by atoms with Crippen LogP contribution in [0.15, 0.2) is 6.33 Å². The average molecular weight is 276 g/mol. The molecule has 1 aliphatic carbocycles. The lowest BCUT2D eigenvalue weighted by Gasteiger charge is -2.45.